The largest absolute Gasteiger partial charge is 0.137 e. The fourth-order valence-electron chi connectivity index (χ4n) is 0.423. The maximum absolute atomic E-state index is 3.80. The first-order chi connectivity index (χ1) is 4.79. The molecular weight excluding hydrogens is 180 g/mol. The molecule has 1 heterocycles. The van der Waals surface area contributed by atoms with Crippen molar-refractivity contribution in [1.29, 1.82) is 0 Å². The molecule has 1 aromatic heterocycles. The third kappa shape index (κ3) is 2.82. The molecule has 0 aliphatic carbocycles. The molecule has 0 aliphatic heterocycles. The standard InChI is InChI=1S/C7H8S3/c1-6(2)9-10-7-4-3-5-8-7/h3-5H,1H2,2H3. The highest BCUT2D eigenvalue weighted by atomic mass is 33.1. The third-order valence-electron chi connectivity index (χ3n) is 0.761. The molecule has 0 aliphatic rings. The van der Waals surface area contributed by atoms with Gasteiger partial charge in [0.25, 0.3) is 0 Å². The van der Waals surface area contributed by atoms with Gasteiger partial charge in [-0.15, -0.1) is 11.3 Å². The van der Waals surface area contributed by atoms with Gasteiger partial charge in [0.05, 0.1) is 4.21 Å². The van der Waals surface area contributed by atoms with E-state index in [2.05, 4.69) is 24.1 Å². The Kier molecular flexibility index (Phi) is 3.39. The Bertz CT molecular complexity index is 201. The molecule has 0 fully saturated rings. The maximum Gasteiger partial charge on any atom is 0.0709 e. The van der Waals surface area contributed by atoms with Crippen molar-refractivity contribution in [3.05, 3.63) is 29.0 Å². The molecule has 0 saturated carbocycles. The van der Waals surface area contributed by atoms with Gasteiger partial charge >= 0.3 is 0 Å². The van der Waals surface area contributed by atoms with E-state index in [9.17, 15) is 0 Å². The van der Waals surface area contributed by atoms with E-state index in [4.69, 9.17) is 0 Å². The van der Waals surface area contributed by atoms with Gasteiger partial charge in [-0.05, 0) is 34.1 Å². The molecule has 0 bridgehead atoms. The Morgan fingerprint density at radius 1 is 1.70 bits per heavy atom. The van der Waals surface area contributed by atoms with Gasteiger partial charge in [-0.25, -0.2) is 0 Å². The van der Waals surface area contributed by atoms with E-state index in [1.54, 1.807) is 32.9 Å². The van der Waals surface area contributed by atoms with Crippen molar-refractivity contribution in [1.82, 2.24) is 0 Å². The Labute approximate surface area is 73.1 Å². The predicted molar refractivity (Wildman–Crippen MR) is 52.6 cm³/mol. The molecule has 0 nitrogen and oxygen atoms in total. The second-order valence-corrected chi connectivity index (χ2v) is 5.48. The summed E-state index contributed by atoms with van der Waals surface area (Å²) in [6.07, 6.45) is 0. The molecule has 0 atom stereocenters. The first kappa shape index (κ1) is 8.24. The number of hydrogen-bond donors (Lipinski definition) is 0. The van der Waals surface area contributed by atoms with E-state index in [1.165, 1.54) is 4.21 Å². The smallest absolute Gasteiger partial charge is 0.0709 e. The van der Waals surface area contributed by atoms with Gasteiger partial charge in [0.1, 0.15) is 0 Å². The second-order valence-electron chi connectivity index (χ2n) is 1.80. The van der Waals surface area contributed by atoms with Crippen LogP contribution < -0.4 is 0 Å². The van der Waals surface area contributed by atoms with Crippen LogP contribution in [0.1, 0.15) is 6.92 Å². The normalized spacial score (nSPS) is 9.70. The number of allylic oxidation sites excluding steroid dienone is 1. The van der Waals surface area contributed by atoms with Crippen LogP contribution in [0.3, 0.4) is 0 Å². The van der Waals surface area contributed by atoms with Gasteiger partial charge in [0.2, 0.25) is 0 Å². The molecule has 1 rings (SSSR count). The Hall–Kier alpha value is 0.140. The topological polar surface area (TPSA) is 0 Å². The summed E-state index contributed by atoms with van der Waals surface area (Å²) in [4.78, 5) is 1.15. The fourth-order valence-corrected chi connectivity index (χ4v) is 3.05. The van der Waals surface area contributed by atoms with Crippen molar-refractivity contribution >= 4 is 32.9 Å². The quantitative estimate of drug-likeness (QED) is 0.657. The molecule has 1 aromatic rings. The van der Waals surface area contributed by atoms with Crippen LogP contribution >= 0.6 is 32.9 Å². The van der Waals surface area contributed by atoms with Crippen molar-refractivity contribution in [2.45, 2.75) is 11.1 Å². The van der Waals surface area contributed by atoms with Gasteiger partial charge < -0.3 is 0 Å². The van der Waals surface area contributed by atoms with E-state index in [-0.39, 0.29) is 0 Å². The van der Waals surface area contributed by atoms with E-state index >= 15 is 0 Å². The first-order valence-electron chi connectivity index (χ1n) is 2.82. The van der Waals surface area contributed by atoms with E-state index < -0.39 is 0 Å². The summed E-state index contributed by atoms with van der Waals surface area (Å²) >= 11 is 1.77. The Balaban J connectivity index is 2.35. The molecule has 0 unspecified atom stereocenters. The molecular formula is C7H8S3. The summed E-state index contributed by atoms with van der Waals surface area (Å²) in [5.41, 5.74) is 0. The summed E-state index contributed by atoms with van der Waals surface area (Å²) in [7, 11) is 3.49. The number of hydrogen-bond acceptors (Lipinski definition) is 3. The minimum Gasteiger partial charge on any atom is -0.137 e. The number of rotatable bonds is 3. The van der Waals surface area contributed by atoms with Crippen LogP contribution in [0.5, 0.6) is 0 Å². The Morgan fingerprint density at radius 3 is 3.00 bits per heavy atom. The lowest BCUT2D eigenvalue weighted by atomic mass is 10.7. The molecule has 54 valence electrons. The predicted octanol–water partition coefficient (Wildman–Crippen LogP) is 4.02. The first-order valence-corrected chi connectivity index (χ1v) is 5.85. The van der Waals surface area contributed by atoms with Crippen LogP contribution in [0.4, 0.5) is 0 Å². The zero-order valence-corrected chi connectivity index (χ0v) is 8.11. The molecule has 0 saturated heterocycles. The Morgan fingerprint density at radius 2 is 2.50 bits per heavy atom. The van der Waals surface area contributed by atoms with Crippen LogP contribution in [0.25, 0.3) is 0 Å². The van der Waals surface area contributed by atoms with Crippen LogP contribution in [0.15, 0.2) is 33.2 Å². The molecule has 0 spiro atoms. The van der Waals surface area contributed by atoms with Crippen LogP contribution in [-0.2, 0) is 0 Å². The lowest BCUT2D eigenvalue weighted by Gasteiger charge is -1.93. The lowest BCUT2D eigenvalue weighted by Crippen LogP contribution is -1.53. The summed E-state index contributed by atoms with van der Waals surface area (Å²) in [5, 5.41) is 2.08. The van der Waals surface area contributed by atoms with Gasteiger partial charge in [-0.1, -0.05) is 23.4 Å². The minimum absolute atomic E-state index is 1.15. The number of thiophene rings is 1. The molecule has 3 heteroatoms. The van der Waals surface area contributed by atoms with E-state index in [1.807, 2.05) is 6.92 Å². The molecule has 0 radical (unpaired) electrons. The summed E-state index contributed by atoms with van der Waals surface area (Å²) < 4.78 is 1.34. The second kappa shape index (κ2) is 4.11. The molecule has 0 amide bonds. The average Bonchev–Trinajstić information content (AvgIpc) is 2.34. The highest BCUT2D eigenvalue weighted by Crippen LogP contribution is 2.37. The van der Waals surface area contributed by atoms with E-state index in [0.717, 1.165) is 4.91 Å². The lowest BCUT2D eigenvalue weighted by molar-refractivity contribution is 1.74. The SMILES string of the molecule is C=C(C)SSc1cccs1. The van der Waals surface area contributed by atoms with Crippen molar-refractivity contribution in [3.63, 3.8) is 0 Å². The zero-order valence-electron chi connectivity index (χ0n) is 5.66. The summed E-state index contributed by atoms with van der Waals surface area (Å²) in [5.74, 6) is 0. The highest BCUT2D eigenvalue weighted by Gasteiger charge is 1.93. The van der Waals surface area contributed by atoms with Crippen molar-refractivity contribution in [2.75, 3.05) is 0 Å². The van der Waals surface area contributed by atoms with Crippen LogP contribution in [-0.4, -0.2) is 0 Å². The van der Waals surface area contributed by atoms with Crippen molar-refractivity contribution in [3.8, 4) is 0 Å². The average molecular weight is 188 g/mol. The van der Waals surface area contributed by atoms with Gasteiger partial charge in [0, 0.05) is 0 Å². The van der Waals surface area contributed by atoms with Gasteiger partial charge in [-0.3, -0.25) is 0 Å². The van der Waals surface area contributed by atoms with Gasteiger partial charge in [0.15, 0.2) is 0 Å². The fraction of sp³-hybridized carbons (Fsp3) is 0.143. The third-order valence-corrected chi connectivity index (χ3v) is 4.59. The van der Waals surface area contributed by atoms with Crippen molar-refractivity contribution < 1.29 is 0 Å². The molecule has 0 aromatic carbocycles. The monoisotopic (exact) mass is 188 g/mol. The zero-order chi connectivity index (χ0) is 7.40. The summed E-state index contributed by atoms with van der Waals surface area (Å²) in [6, 6.07) is 4.18. The molecule has 10 heavy (non-hydrogen) atoms. The van der Waals surface area contributed by atoms with E-state index in [0.29, 0.717) is 0 Å². The molecule has 0 N–H and O–H groups in total. The maximum atomic E-state index is 3.80. The van der Waals surface area contributed by atoms with Crippen LogP contribution in [0.2, 0.25) is 0 Å². The highest BCUT2D eigenvalue weighted by molar-refractivity contribution is 8.78. The van der Waals surface area contributed by atoms with Gasteiger partial charge in [-0.2, -0.15) is 0 Å². The summed E-state index contributed by atoms with van der Waals surface area (Å²) in [6.45, 7) is 5.82. The van der Waals surface area contributed by atoms with Crippen molar-refractivity contribution in [2.24, 2.45) is 0 Å². The van der Waals surface area contributed by atoms with Crippen LogP contribution in [0, 0.1) is 0 Å². The minimum atomic E-state index is 1.15.